The third-order valence-electron chi connectivity index (χ3n) is 2.68. The molecular weight excluding hydrogens is 206 g/mol. The van der Waals surface area contributed by atoms with E-state index in [1.54, 1.807) is 0 Å². The van der Waals surface area contributed by atoms with Gasteiger partial charge in [-0.15, -0.1) is 0 Å². The summed E-state index contributed by atoms with van der Waals surface area (Å²) in [4.78, 5) is 12.4. The lowest BCUT2D eigenvalue weighted by atomic mass is 9.99. The molecule has 0 amide bonds. The number of carboxylic acids is 1. The molecule has 4 nitrogen and oxygen atoms in total. The lowest BCUT2D eigenvalue weighted by Gasteiger charge is -2.36. The predicted octanol–water partition coefficient (Wildman–Crippen LogP) is 1.98. The van der Waals surface area contributed by atoms with E-state index in [1.807, 2.05) is 39.6 Å². The van der Waals surface area contributed by atoms with Crippen LogP contribution in [0.3, 0.4) is 0 Å². The van der Waals surface area contributed by atoms with Gasteiger partial charge in [-0.25, -0.2) is 0 Å². The third kappa shape index (κ3) is 5.47. The standard InChI is InChI=1S/C10H19NO3.C2H6/c1-7-4-9(5-8(2)14-7)11(3)6-10(12)13;1-2/h7-9H,4-6H2,1-3H3,(H,12,13);1-2H3. The normalized spacial score (nSPS) is 29.5. The van der Waals surface area contributed by atoms with Crippen molar-refractivity contribution < 1.29 is 14.6 Å². The summed E-state index contributed by atoms with van der Waals surface area (Å²) < 4.78 is 5.60. The molecule has 2 unspecified atom stereocenters. The summed E-state index contributed by atoms with van der Waals surface area (Å²) in [6.07, 6.45) is 2.32. The number of rotatable bonds is 3. The van der Waals surface area contributed by atoms with E-state index in [0.29, 0.717) is 6.04 Å². The zero-order chi connectivity index (χ0) is 12.7. The highest BCUT2D eigenvalue weighted by Gasteiger charge is 2.27. The largest absolute Gasteiger partial charge is 0.480 e. The molecule has 16 heavy (non-hydrogen) atoms. The van der Waals surface area contributed by atoms with Crippen molar-refractivity contribution in [3.8, 4) is 0 Å². The predicted molar refractivity (Wildman–Crippen MR) is 64.6 cm³/mol. The number of hydrogen-bond acceptors (Lipinski definition) is 3. The van der Waals surface area contributed by atoms with Crippen LogP contribution in [-0.4, -0.2) is 47.8 Å². The second-order valence-corrected chi connectivity index (χ2v) is 4.19. The Kier molecular flexibility index (Phi) is 7.34. The molecule has 96 valence electrons. The Hall–Kier alpha value is -0.610. The molecule has 0 radical (unpaired) electrons. The molecule has 1 rings (SSSR count). The van der Waals surface area contributed by atoms with Crippen molar-refractivity contribution in [3.05, 3.63) is 0 Å². The topological polar surface area (TPSA) is 49.8 Å². The molecule has 2 atom stereocenters. The SMILES string of the molecule is CC.CC1CC(N(C)CC(=O)O)CC(C)O1. The van der Waals surface area contributed by atoms with Gasteiger partial charge in [0.05, 0.1) is 18.8 Å². The molecule has 1 aliphatic heterocycles. The van der Waals surface area contributed by atoms with E-state index < -0.39 is 5.97 Å². The molecule has 0 aliphatic carbocycles. The Labute approximate surface area is 98.6 Å². The fourth-order valence-electron chi connectivity index (χ4n) is 2.07. The Bertz CT molecular complexity index is 198. The molecule has 1 fully saturated rings. The van der Waals surface area contributed by atoms with Gasteiger partial charge in [0.25, 0.3) is 0 Å². The van der Waals surface area contributed by atoms with E-state index in [2.05, 4.69) is 0 Å². The second kappa shape index (κ2) is 7.63. The summed E-state index contributed by atoms with van der Waals surface area (Å²) in [5, 5.41) is 8.67. The molecule has 4 heteroatoms. The van der Waals surface area contributed by atoms with E-state index in [4.69, 9.17) is 9.84 Å². The van der Waals surface area contributed by atoms with Crippen LogP contribution >= 0.6 is 0 Å². The molecule has 1 heterocycles. The maximum Gasteiger partial charge on any atom is 0.317 e. The first kappa shape index (κ1) is 15.4. The van der Waals surface area contributed by atoms with E-state index in [1.165, 1.54) is 0 Å². The molecule has 1 aliphatic rings. The Balaban J connectivity index is 0.00000106. The van der Waals surface area contributed by atoms with Crippen LogP contribution in [0, 0.1) is 0 Å². The summed E-state index contributed by atoms with van der Waals surface area (Å²) in [6.45, 7) is 8.19. The maximum atomic E-state index is 10.5. The number of ether oxygens (including phenoxy) is 1. The molecule has 0 spiro atoms. The average molecular weight is 231 g/mol. The monoisotopic (exact) mass is 231 g/mol. The van der Waals surface area contributed by atoms with Crippen LogP contribution in [0.15, 0.2) is 0 Å². The van der Waals surface area contributed by atoms with Gasteiger partial charge in [0.2, 0.25) is 0 Å². The maximum absolute atomic E-state index is 10.5. The van der Waals surface area contributed by atoms with E-state index >= 15 is 0 Å². The van der Waals surface area contributed by atoms with Gasteiger partial charge in [-0.3, -0.25) is 9.69 Å². The van der Waals surface area contributed by atoms with Gasteiger partial charge >= 0.3 is 5.97 Å². The van der Waals surface area contributed by atoms with Crippen LogP contribution in [0.25, 0.3) is 0 Å². The van der Waals surface area contributed by atoms with Crippen LogP contribution < -0.4 is 0 Å². The van der Waals surface area contributed by atoms with Gasteiger partial charge in [0.1, 0.15) is 0 Å². The average Bonchev–Trinajstić information content (AvgIpc) is 2.18. The Morgan fingerprint density at radius 2 is 1.75 bits per heavy atom. The van der Waals surface area contributed by atoms with E-state index in [0.717, 1.165) is 12.8 Å². The first-order valence-corrected chi connectivity index (χ1v) is 6.06. The van der Waals surface area contributed by atoms with Crippen LogP contribution in [0.4, 0.5) is 0 Å². The van der Waals surface area contributed by atoms with Crippen molar-refractivity contribution in [2.75, 3.05) is 13.6 Å². The van der Waals surface area contributed by atoms with Crippen LogP contribution in [-0.2, 0) is 9.53 Å². The van der Waals surface area contributed by atoms with E-state index in [9.17, 15) is 4.79 Å². The van der Waals surface area contributed by atoms with Crippen molar-refractivity contribution in [2.45, 2.75) is 58.8 Å². The molecule has 1 N–H and O–H groups in total. The van der Waals surface area contributed by atoms with Gasteiger partial charge in [-0.1, -0.05) is 13.8 Å². The number of carbonyl (C=O) groups is 1. The number of hydrogen-bond donors (Lipinski definition) is 1. The summed E-state index contributed by atoms with van der Waals surface area (Å²) in [7, 11) is 1.86. The molecule has 0 aromatic heterocycles. The number of likely N-dealkylation sites (N-methyl/N-ethyl adjacent to an activating group) is 1. The van der Waals surface area contributed by atoms with E-state index in [-0.39, 0.29) is 18.8 Å². The summed E-state index contributed by atoms with van der Waals surface area (Å²) in [6, 6.07) is 0.338. The highest BCUT2D eigenvalue weighted by atomic mass is 16.5. The minimum absolute atomic E-state index is 0.115. The van der Waals surface area contributed by atoms with Crippen molar-refractivity contribution in [1.29, 1.82) is 0 Å². The highest BCUT2D eigenvalue weighted by molar-refractivity contribution is 5.69. The van der Waals surface area contributed by atoms with Gasteiger partial charge in [0, 0.05) is 6.04 Å². The Morgan fingerprint density at radius 3 is 2.12 bits per heavy atom. The zero-order valence-electron chi connectivity index (χ0n) is 11.1. The van der Waals surface area contributed by atoms with Gasteiger partial charge in [-0.05, 0) is 33.7 Å². The van der Waals surface area contributed by atoms with Gasteiger partial charge in [-0.2, -0.15) is 0 Å². The van der Waals surface area contributed by atoms with Crippen LogP contribution in [0.1, 0.15) is 40.5 Å². The first-order chi connectivity index (χ1) is 7.49. The minimum atomic E-state index is -0.765. The lowest BCUT2D eigenvalue weighted by molar-refractivity contribution is -0.139. The number of nitrogens with zero attached hydrogens (tertiary/aromatic N) is 1. The molecule has 0 aromatic rings. The van der Waals surface area contributed by atoms with Crippen LogP contribution in [0.2, 0.25) is 0 Å². The fraction of sp³-hybridized carbons (Fsp3) is 0.917. The zero-order valence-corrected chi connectivity index (χ0v) is 11.1. The number of aliphatic carboxylic acids is 1. The second-order valence-electron chi connectivity index (χ2n) is 4.19. The van der Waals surface area contributed by atoms with Gasteiger partial charge in [0.15, 0.2) is 0 Å². The molecule has 0 aromatic carbocycles. The molecule has 0 bridgehead atoms. The summed E-state index contributed by atoms with van der Waals surface area (Å²) in [5.41, 5.74) is 0. The lowest BCUT2D eigenvalue weighted by Crippen LogP contribution is -2.44. The fourth-order valence-corrected chi connectivity index (χ4v) is 2.07. The smallest absolute Gasteiger partial charge is 0.317 e. The highest BCUT2D eigenvalue weighted by Crippen LogP contribution is 2.22. The number of carboxylic acid groups (broad SMARTS) is 1. The molecule has 0 saturated carbocycles. The molecule has 1 saturated heterocycles. The summed E-state index contributed by atoms with van der Waals surface area (Å²) in [5.74, 6) is -0.765. The Morgan fingerprint density at radius 1 is 1.31 bits per heavy atom. The van der Waals surface area contributed by atoms with Crippen LogP contribution in [0.5, 0.6) is 0 Å². The van der Waals surface area contributed by atoms with Crippen molar-refractivity contribution >= 4 is 5.97 Å². The first-order valence-electron chi connectivity index (χ1n) is 6.06. The van der Waals surface area contributed by atoms with Gasteiger partial charge < -0.3 is 9.84 Å². The van der Waals surface area contributed by atoms with Crippen molar-refractivity contribution in [2.24, 2.45) is 0 Å². The quantitative estimate of drug-likeness (QED) is 0.807. The van der Waals surface area contributed by atoms with Crippen molar-refractivity contribution in [1.82, 2.24) is 4.90 Å². The minimum Gasteiger partial charge on any atom is -0.480 e. The van der Waals surface area contributed by atoms with Crippen molar-refractivity contribution in [3.63, 3.8) is 0 Å². The molecular formula is C12H25NO3. The third-order valence-corrected chi connectivity index (χ3v) is 2.68. The summed E-state index contributed by atoms with van der Waals surface area (Å²) >= 11 is 0.